The molecule has 1 amide bonds. The molecule has 0 aromatic heterocycles. The van der Waals surface area contributed by atoms with Crippen molar-refractivity contribution in [2.24, 2.45) is 0 Å². The SMILES string of the molecule is COc1ccc(CNC(=O)CSc2cc[c]cc2)cc1. The molecule has 0 saturated carbocycles. The Bertz CT molecular complexity index is 540. The first kappa shape index (κ1) is 14.5. The van der Waals surface area contributed by atoms with Gasteiger partial charge in [-0.15, -0.1) is 11.8 Å². The number of nitrogens with one attached hydrogen (secondary N) is 1. The molecule has 0 spiro atoms. The molecule has 0 aliphatic carbocycles. The Morgan fingerprint density at radius 2 is 1.90 bits per heavy atom. The van der Waals surface area contributed by atoms with Crippen LogP contribution in [0.4, 0.5) is 0 Å². The van der Waals surface area contributed by atoms with Crippen LogP contribution >= 0.6 is 11.8 Å². The van der Waals surface area contributed by atoms with E-state index >= 15 is 0 Å². The predicted molar refractivity (Wildman–Crippen MR) is 80.8 cm³/mol. The van der Waals surface area contributed by atoms with E-state index in [-0.39, 0.29) is 5.91 Å². The summed E-state index contributed by atoms with van der Waals surface area (Å²) in [5.41, 5.74) is 1.05. The second-order valence-corrected chi connectivity index (χ2v) is 5.20. The third-order valence-corrected chi connectivity index (χ3v) is 3.72. The molecule has 2 aromatic rings. The number of hydrogen-bond donors (Lipinski definition) is 1. The minimum absolute atomic E-state index is 0.0265. The Labute approximate surface area is 123 Å². The van der Waals surface area contributed by atoms with Crippen molar-refractivity contribution in [3.05, 3.63) is 60.2 Å². The zero-order valence-electron chi connectivity index (χ0n) is 11.3. The smallest absolute Gasteiger partial charge is 0.230 e. The van der Waals surface area contributed by atoms with E-state index in [1.165, 1.54) is 11.8 Å². The van der Waals surface area contributed by atoms with Crippen molar-refractivity contribution in [3.63, 3.8) is 0 Å². The average molecular weight is 286 g/mol. The molecule has 1 radical (unpaired) electrons. The average Bonchev–Trinajstić information content (AvgIpc) is 2.52. The van der Waals surface area contributed by atoms with Gasteiger partial charge in [0.1, 0.15) is 5.75 Å². The summed E-state index contributed by atoms with van der Waals surface area (Å²) in [6, 6.07) is 18.2. The van der Waals surface area contributed by atoms with Crippen LogP contribution in [0.1, 0.15) is 5.56 Å². The fourth-order valence-electron chi connectivity index (χ4n) is 1.61. The van der Waals surface area contributed by atoms with Crippen LogP contribution in [0.2, 0.25) is 0 Å². The summed E-state index contributed by atoms with van der Waals surface area (Å²) in [6.45, 7) is 0.534. The molecule has 4 heteroatoms. The van der Waals surface area contributed by atoms with Gasteiger partial charge in [0.2, 0.25) is 5.91 Å². The van der Waals surface area contributed by atoms with Gasteiger partial charge < -0.3 is 10.1 Å². The lowest BCUT2D eigenvalue weighted by Crippen LogP contribution is -2.24. The van der Waals surface area contributed by atoms with Crippen LogP contribution in [0.25, 0.3) is 0 Å². The molecule has 0 aliphatic rings. The lowest BCUT2D eigenvalue weighted by molar-refractivity contribution is -0.118. The lowest BCUT2D eigenvalue weighted by atomic mass is 10.2. The third-order valence-electron chi connectivity index (χ3n) is 2.71. The minimum Gasteiger partial charge on any atom is -0.497 e. The summed E-state index contributed by atoms with van der Waals surface area (Å²) in [6.07, 6.45) is 0. The van der Waals surface area contributed by atoms with E-state index in [0.717, 1.165) is 16.2 Å². The van der Waals surface area contributed by atoms with Crippen LogP contribution in [0.3, 0.4) is 0 Å². The van der Waals surface area contributed by atoms with Gasteiger partial charge in [-0.05, 0) is 35.9 Å². The number of rotatable bonds is 6. The van der Waals surface area contributed by atoms with Crippen molar-refractivity contribution >= 4 is 17.7 Å². The molecule has 0 saturated heterocycles. The zero-order chi connectivity index (χ0) is 14.2. The first-order valence-corrected chi connectivity index (χ1v) is 7.25. The number of methoxy groups -OCH3 is 1. The summed E-state index contributed by atoms with van der Waals surface area (Å²) < 4.78 is 5.09. The first-order valence-electron chi connectivity index (χ1n) is 6.26. The molecule has 0 heterocycles. The Kier molecular flexibility index (Phi) is 5.50. The molecule has 2 aromatic carbocycles. The van der Waals surface area contributed by atoms with Crippen LogP contribution in [0, 0.1) is 6.07 Å². The summed E-state index contributed by atoms with van der Waals surface area (Å²) in [4.78, 5) is 12.8. The zero-order valence-corrected chi connectivity index (χ0v) is 12.1. The number of carbonyl (C=O) groups excluding carboxylic acids is 1. The molecule has 103 valence electrons. The molecule has 0 bridgehead atoms. The molecule has 0 unspecified atom stereocenters. The summed E-state index contributed by atoms with van der Waals surface area (Å²) >= 11 is 1.52. The molecule has 3 nitrogen and oxygen atoms in total. The Morgan fingerprint density at radius 3 is 2.55 bits per heavy atom. The lowest BCUT2D eigenvalue weighted by Gasteiger charge is -2.06. The summed E-state index contributed by atoms with van der Waals surface area (Å²) in [5, 5.41) is 2.90. The molecule has 0 aliphatic heterocycles. The van der Waals surface area contributed by atoms with E-state index in [1.54, 1.807) is 7.11 Å². The van der Waals surface area contributed by atoms with Crippen molar-refractivity contribution in [1.82, 2.24) is 5.32 Å². The molecule has 20 heavy (non-hydrogen) atoms. The van der Waals surface area contributed by atoms with Crippen molar-refractivity contribution in [3.8, 4) is 5.75 Å². The highest BCUT2D eigenvalue weighted by atomic mass is 32.2. The summed E-state index contributed by atoms with van der Waals surface area (Å²) in [5.74, 6) is 1.26. The minimum atomic E-state index is 0.0265. The van der Waals surface area contributed by atoms with E-state index < -0.39 is 0 Å². The van der Waals surface area contributed by atoms with E-state index in [1.807, 2.05) is 48.5 Å². The van der Waals surface area contributed by atoms with Gasteiger partial charge in [-0.3, -0.25) is 4.79 Å². The van der Waals surface area contributed by atoms with E-state index in [0.29, 0.717) is 12.3 Å². The molecule has 1 N–H and O–H groups in total. The fourth-order valence-corrected chi connectivity index (χ4v) is 2.34. The van der Waals surface area contributed by atoms with Crippen LogP contribution in [-0.2, 0) is 11.3 Å². The first-order chi connectivity index (χ1) is 9.78. The quantitative estimate of drug-likeness (QED) is 0.830. The largest absolute Gasteiger partial charge is 0.497 e. The van der Waals surface area contributed by atoms with Gasteiger partial charge in [0, 0.05) is 11.4 Å². The van der Waals surface area contributed by atoms with Crippen LogP contribution in [0.5, 0.6) is 5.75 Å². The standard InChI is InChI=1S/C16H16NO2S/c1-19-14-9-7-13(8-10-14)11-17-16(18)12-20-15-5-3-2-4-6-15/h3-10H,11-12H2,1H3,(H,17,18). The number of carbonyl (C=O) groups is 1. The van der Waals surface area contributed by atoms with Gasteiger partial charge in [0.05, 0.1) is 12.9 Å². The monoisotopic (exact) mass is 286 g/mol. The van der Waals surface area contributed by atoms with E-state index in [4.69, 9.17) is 4.74 Å². The topological polar surface area (TPSA) is 38.3 Å². The number of benzene rings is 2. The number of hydrogen-bond acceptors (Lipinski definition) is 3. The van der Waals surface area contributed by atoms with Gasteiger partial charge in [0.25, 0.3) is 0 Å². The van der Waals surface area contributed by atoms with Gasteiger partial charge in [-0.25, -0.2) is 0 Å². The normalized spacial score (nSPS) is 10.1. The number of thioether (sulfide) groups is 1. The fraction of sp³-hybridized carbons (Fsp3) is 0.188. The maximum atomic E-state index is 11.7. The van der Waals surface area contributed by atoms with Crippen LogP contribution in [-0.4, -0.2) is 18.8 Å². The van der Waals surface area contributed by atoms with Crippen LogP contribution in [0.15, 0.2) is 53.4 Å². The number of amides is 1. The molecule has 0 atom stereocenters. The highest BCUT2D eigenvalue weighted by Crippen LogP contribution is 2.16. The van der Waals surface area contributed by atoms with Gasteiger partial charge in [0.15, 0.2) is 0 Å². The second-order valence-electron chi connectivity index (χ2n) is 4.15. The number of ether oxygens (including phenoxy) is 1. The van der Waals surface area contributed by atoms with Crippen LogP contribution < -0.4 is 10.1 Å². The Morgan fingerprint density at radius 1 is 1.20 bits per heavy atom. The maximum Gasteiger partial charge on any atom is 0.230 e. The maximum absolute atomic E-state index is 11.7. The third kappa shape index (κ3) is 4.63. The Balaban J connectivity index is 1.74. The summed E-state index contributed by atoms with van der Waals surface area (Å²) in [7, 11) is 1.63. The van der Waals surface area contributed by atoms with Crippen molar-refractivity contribution in [2.75, 3.05) is 12.9 Å². The van der Waals surface area contributed by atoms with Gasteiger partial charge in [-0.2, -0.15) is 0 Å². The van der Waals surface area contributed by atoms with Gasteiger partial charge >= 0.3 is 0 Å². The van der Waals surface area contributed by atoms with Crippen molar-refractivity contribution in [1.29, 1.82) is 0 Å². The van der Waals surface area contributed by atoms with Gasteiger partial charge in [-0.1, -0.05) is 24.3 Å². The van der Waals surface area contributed by atoms with E-state index in [9.17, 15) is 4.79 Å². The highest BCUT2D eigenvalue weighted by molar-refractivity contribution is 8.00. The second kappa shape index (κ2) is 7.60. The molecule has 2 rings (SSSR count). The van der Waals surface area contributed by atoms with Crippen molar-refractivity contribution in [2.45, 2.75) is 11.4 Å². The van der Waals surface area contributed by atoms with Crippen molar-refractivity contribution < 1.29 is 9.53 Å². The highest BCUT2D eigenvalue weighted by Gasteiger charge is 2.02. The predicted octanol–water partition coefficient (Wildman–Crippen LogP) is 2.90. The van der Waals surface area contributed by atoms with E-state index in [2.05, 4.69) is 11.4 Å². The molecular formula is C16H16NO2S. The molecule has 0 fully saturated rings. The molecular weight excluding hydrogens is 270 g/mol. The Hall–Kier alpha value is -1.94.